The van der Waals surface area contributed by atoms with E-state index in [1.165, 1.54) is 53.5 Å². The Bertz CT molecular complexity index is 2040. The number of dihydropyridines is 1. The van der Waals surface area contributed by atoms with Gasteiger partial charge in [-0.25, -0.2) is 0 Å². The summed E-state index contributed by atoms with van der Waals surface area (Å²) >= 11 is 0. The minimum atomic E-state index is 0.0973. The summed E-state index contributed by atoms with van der Waals surface area (Å²) in [6.45, 7) is 6.73. The zero-order valence-electron chi connectivity index (χ0n) is 35.5. The summed E-state index contributed by atoms with van der Waals surface area (Å²) in [6, 6.07) is 19.5. The van der Waals surface area contributed by atoms with Gasteiger partial charge in [-0.15, -0.1) is 0 Å². The molecule has 2 heterocycles. The van der Waals surface area contributed by atoms with E-state index < -0.39 is 0 Å². The van der Waals surface area contributed by atoms with E-state index >= 15 is 0 Å². The van der Waals surface area contributed by atoms with E-state index in [1.807, 2.05) is 18.3 Å². The van der Waals surface area contributed by atoms with Crippen LogP contribution in [0.2, 0.25) is 0 Å². The number of nitrogens with one attached hydrogen (secondary N) is 2. The number of pyridine rings is 1. The molecule has 0 bridgehead atoms. The number of ether oxygens (including phenoxy) is 5. The van der Waals surface area contributed by atoms with E-state index in [0.29, 0.717) is 18.4 Å². The number of nitrogens with zero attached hydrogens (tertiary/aromatic N) is 2. The average molecular weight is 787 g/mol. The molecule has 0 spiro atoms. The third kappa shape index (κ3) is 8.95. The molecule has 1 aromatic heterocycles. The van der Waals surface area contributed by atoms with Gasteiger partial charge in [-0.2, -0.15) is 0 Å². The second-order valence-electron chi connectivity index (χ2n) is 15.9. The normalized spacial score (nSPS) is 17.0. The van der Waals surface area contributed by atoms with Crippen LogP contribution in [0, 0.1) is 6.92 Å². The van der Waals surface area contributed by atoms with Crippen molar-refractivity contribution in [3.8, 4) is 40.0 Å². The molecule has 2 N–H and O–H groups in total. The smallest absolute Gasteiger partial charge is 0.126 e. The van der Waals surface area contributed by atoms with E-state index in [1.54, 1.807) is 35.5 Å². The highest BCUT2D eigenvalue weighted by Gasteiger charge is 2.29. The summed E-state index contributed by atoms with van der Waals surface area (Å²) in [5.74, 6) is 5.32. The van der Waals surface area contributed by atoms with Crippen molar-refractivity contribution in [2.45, 2.75) is 95.7 Å². The average Bonchev–Trinajstić information content (AvgIpc) is 3.22. The topological polar surface area (TPSA) is 86.3 Å². The van der Waals surface area contributed by atoms with E-state index in [2.05, 4.69) is 90.2 Å². The van der Waals surface area contributed by atoms with Gasteiger partial charge >= 0.3 is 0 Å². The number of anilines is 1. The molecule has 0 radical (unpaired) electrons. The van der Waals surface area contributed by atoms with Crippen molar-refractivity contribution >= 4 is 5.69 Å². The summed E-state index contributed by atoms with van der Waals surface area (Å²) in [7, 11) is 8.69. The van der Waals surface area contributed by atoms with Crippen LogP contribution in [0.25, 0.3) is 11.3 Å². The molecule has 7 rings (SSSR count). The maximum absolute atomic E-state index is 5.99. The van der Waals surface area contributed by atoms with Gasteiger partial charge in [-0.3, -0.25) is 4.98 Å². The molecule has 2 unspecified atom stereocenters. The first-order valence-corrected chi connectivity index (χ1v) is 21.1. The molecule has 0 amide bonds. The van der Waals surface area contributed by atoms with E-state index in [9.17, 15) is 0 Å². The Kier molecular flexibility index (Phi) is 13.5. The monoisotopic (exact) mass is 786 g/mol. The molecule has 3 aliphatic rings. The fraction of sp³-hybridized carbons (Fsp3) is 0.449. The third-order valence-corrected chi connectivity index (χ3v) is 12.6. The second-order valence-corrected chi connectivity index (χ2v) is 15.9. The highest BCUT2D eigenvalue weighted by atomic mass is 16.5. The molecule has 308 valence electrons. The van der Waals surface area contributed by atoms with Crippen molar-refractivity contribution in [2.75, 3.05) is 53.5 Å². The third-order valence-electron chi connectivity index (χ3n) is 12.6. The van der Waals surface area contributed by atoms with Crippen LogP contribution in [0.15, 0.2) is 84.7 Å². The second kappa shape index (κ2) is 19.1. The maximum atomic E-state index is 5.99. The van der Waals surface area contributed by atoms with Gasteiger partial charge in [0.1, 0.15) is 28.7 Å². The van der Waals surface area contributed by atoms with Gasteiger partial charge in [-0.1, -0.05) is 38.0 Å². The fourth-order valence-corrected chi connectivity index (χ4v) is 8.81. The van der Waals surface area contributed by atoms with Crippen LogP contribution in [-0.4, -0.2) is 59.7 Å². The molecule has 58 heavy (non-hydrogen) atoms. The molecule has 3 aromatic carbocycles. The van der Waals surface area contributed by atoms with E-state index in [0.717, 1.165) is 90.0 Å². The van der Waals surface area contributed by atoms with Crippen LogP contribution >= 0.6 is 0 Å². The SMILES string of the molecule is CCC(CCNCC1=CC(c2cc(OC)c(C)c(C3CCC3)c2)NC=C1)N(Cc1cccnc1-c1cc(OC)c(C2CCC2)c(OC)c1)c1cc(OC)cc(OC)c1. The first-order chi connectivity index (χ1) is 28.4. The molecule has 0 saturated heterocycles. The Morgan fingerprint density at radius 2 is 1.52 bits per heavy atom. The first-order valence-electron chi connectivity index (χ1n) is 21.1. The highest BCUT2D eigenvalue weighted by molar-refractivity contribution is 5.70. The van der Waals surface area contributed by atoms with Crippen molar-refractivity contribution in [2.24, 2.45) is 0 Å². The van der Waals surface area contributed by atoms with Crippen LogP contribution < -0.4 is 39.2 Å². The Balaban J connectivity index is 1.11. The molecule has 2 aliphatic carbocycles. The Labute approximate surface area is 345 Å². The van der Waals surface area contributed by atoms with Gasteiger partial charge in [0.05, 0.1) is 47.3 Å². The molecule has 9 nitrogen and oxygen atoms in total. The molecule has 1 aliphatic heterocycles. The predicted octanol–water partition coefficient (Wildman–Crippen LogP) is 10.2. The first kappa shape index (κ1) is 41.0. The number of benzene rings is 3. The highest BCUT2D eigenvalue weighted by Crippen LogP contribution is 2.48. The van der Waals surface area contributed by atoms with Crippen LogP contribution in [0.5, 0.6) is 28.7 Å². The minimum absolute atomic E-state index is 0.0973. The van der Waals surface area contributed by atoms with E-state index in [-0.39, 0.29) is 12.1 Å². The van der Waals surface area contributed by atoms with Crippen LogP contribution in [0.4, 0.5) is 5.69 Å². The number of hydrogen-bond donors (Lipinski definition) is 2. The lowest BCUT2D eigenvalue weighted by Crippen LogP contribution is -2.37. The summed E-state index contributed by atoms with van der Waals surface area (Å²) in [6.07, 6.45) is 17.7. The maximum Gasteiger partial charge on any atom is 0.126 e. The number of hydrogen-bond acceptors (Lipinski definition) is 9. The van der Waals surface area contributed by atoms with Gasteiger partial charge in [0, 0.05) is 60.3 Å². The largest absolute Gasteiger partial charge is 0.497 e. The Morgan fingerprint density at radius 1 is 0.828 bits per heavy atom. The molecular formula is C49H62N4O5. The van der Waals surface area contributed by atoms with Gasteiger partial charge in [0.2, 0.25) is 0 Å². The Morgan fingerprint density at radius 3 is 2.12 bits per heavy atom. The van der Waals surface area contributed by atoms with Gasteiger partial charge in [0.15, 0.2) is 0 Å². The number of aromatic nitrogens is 1. The molecule has 4 aromatic rings. The van der Waals surface area contributed by atoms with Gasteiger partial charge < -0.3 is 39.2 Å². The summed E-state index contributed by atoms with van der Waals surface area (Å²) < 4.78 is 29.4. The standard InChI is InChI=1S/C49H62N4O5/c1-8-39(18-20-50-30-33-17-21-51-44(22-33)37-23-43(34-12-9-13-34)32(2)45(24-37)56-5)53(40-27-41(54-3)29-42(28-40)55-4)31-36-16-11-19-52-49(36)38-25-46(57-6)48(35-14-10-15-35)47(26-38)58-7/h11,16-17,19,21-29,34-35,39,44,50-51H,8-10,12-15,18,20,30-31H2,1-7H3. The lowest BCUT2D eigenvalue weighted by atomic mass is 9.77. The summed E-state index contributed by atoms with van der Waals surface area (Å²) in [4.78, 5) is 7.45. The number of methoxy groups -OCH3 is 5. The molecule has 2 fully saturated rings. The van der Waals surface area contributed by atoms with Gasteiger partial charge in [0.25, 0.3) is 0 Å². The van der Waals surface area contributed by atoms with Crippen molar-refractivity contribution in [1.82, 2.24) is 15.6 Å². The summed E-state index contributed by atoms with van der Waals surface area (Å²) in [5.41, 5.74) is 10.4. The van der Waals surface area contributed by atoms with E-state index in [4.69, 9.17) is 28.7 Å². The summed E-state index contributed by atoms with van der Waals surface area (Å²) in [5, 5.41) is 7.37. The quantitative estimate of drug-likeness (QED) is 0.0903. The predicted molar refractivity (Wildman–Crippen MR) is 234 cm³/mol. The minimum Gasteiger partial charge on any atom is -0.497 e. The Hall–Kier alpha value is -5.15. The lowest BCUT2D eigenvalue weighted by molar-refractivity contribution is 0.347. The molecule has 2 saturated carbocycles. The van der Waals surface area contributed by atoms with Crippen LogP contribution in [0.1, 0.15) is 104 Å². The van der Waals surface area contributed by atoms with Crippen LogP contribution in [0.3, 0.4) is 0 Å². The van der Waals surface area contributed by atoms with Gasteiger partial charge in [-0.05, 0) is 128 Å². The molecular weight excluding hydrogens is 725 g/mol. The fourth-order valence-electron chi connectivity index (χ4n) is 8.81. The lowest BCUT2D eigenvalue weighted by Gasteiger charge is -2.34. The zero-order valence-corrected chi connectivity index (χ0v) is 35.5. The molecule has 2 atom stereocenters. The van der Waals surface area contributed by atoms with Crippen LogP contribution in [-0.2, 0) is 6.54 Å². The zero-order chi connectivity index (χ0) is 40.6. The molecule has 9 heteroatoms. The van der Waals surface area contributed by atoms with Crippen molar-refractivity contribution in [3.05, 3.63) is 113 Å². The number of rotatable bonds is 19. The van der Waals surface area contributed by atoms with Crippen molar-refractivity contribution in [1.29, 1.82) is 0 Å². The van der Waals surface area contributed by atoms with Crippen molar-refractivity contribution < 1.29 is 23.7 Å². The van der Waals surface area contributed by atoms with Crippen molar-refractivity contribution in [3.63, 3.8) is 0 Å².